The van der Waals surface area contributed by atoms with E-state index in [2.05, 4.69) is 5.32 Å². The van der Waals surface area contributed by atoms with E-state index in [1.165, 1.54) is 0 Å². The van der Waals surface area contributed by atoms with Gasteiger partial charge >= 0.3 is 6.41 Å². The summed E-state index contributed by atoms with van der Waals surface area (Å²) < 4.78 is 0. The van der Waals surface area contributed by atoms with E-state index in [-0.39, 0.29) is 0 Å². The maximum Gasteiger partial charge on any atom is 0.333 e. The minimum atomic E-state index is 0.854. The number of hydrazine groups is 1. The Morgan fingerprint density at radius 1 is 1.50 bits per heavy atom. The number of piperazine rings is 1. The predicted molar refractivity (Wildman–Crippen MR) is 56.9 cm³/mol. The Bertz CT molecular complexity index is 282. The van der Waals surface area contributed by atoms with Crippen LogP contribution in [0.2, 0.25) is 0 Å². The lowest BCUT2D eigenvalue weighted by Gasteiger charge is -2.33. The van der Waals surface area contributed by atoms with Gasteiger partial charge in [0.05, 0.1) is 0 Å². The van der Waals surface area contributed by atoms with Crippen LogP contribution in [-0.2, 0) is 4.79 Å². The van der Waals surface area contributed by atoms with Crippen molar-refractivity contribution >= 4 is 22.7 Å². The quantitative estimate of drug-likeness (QED) is 0.735. The molecule has 1 aliphatic heterocycles. The number of hydrogen-bond acceptors (Lipinski definition) is 4. The van der Waals surface area contributed by atoms with Gasteiger partial charge in [0.15, 0.2) is 0 Å². The fraction of sp³-hybridized carbons (Fsp3) is 0.444. The molecule has 0 aromatic carbocycles. The highest BCUT2D eigenvalue weighted by Gasteiger charge is 2.19. The van der Waals surface area contributed by atoms with Gasteiger partial charge in [0, 0.05) is 26.2 Å². The fourth-order valence-electron chi connectivity index (χ4n) is 1.49. The van der Waals surface area contributed by atoms with Crippen LogP contribution >= 0.6 is 11.3 Å². The molecular formula is C9H12N3OS. The first-order chi connectivity index (χ1) is 6.92. The van der Waals surface area contributed by atoms with Crippen molar-refractivity contribution in [3.8, 4) is 0 Å². The van der Waals surface area contributed by atoms with E-state index < -0.39 is 0 Å². The van der Waals surface area contributed by atoms with Gasteiger partial charge in [0.25, 0.3) is 0 Å². The largest absolute Gasteiger partial charge is 0.333 e. The third-order valence-electron chi connectivity index (χ3n) is 2.18. The minimum absolute atomic E-state index is 0.854. The van der Waals surface area contributed by atoms with Crippen LogP contribution in [0.3, 0.4) is 0 Å². The maximum atomic E-state index is 10.8. The van der Waals surface area contributed by atoms with Gasteiger partial charge in [-0.05, 0) is 17.5 Å². The molecule has 75 valence electrons. The summed E-state index contributed by atoms with van der Waals surface area (Å²) >= 11 is 1.55. The lowest BCUT2D eigenvalue weighted by atomic mass is 10.4. The van der Waals surface area contributed by atoms with E-state index in [9.17, 15) is 4.79 Å². The molecule has 2 heterocycles. The van der Waals surface area contributed by atoms with Gasteiger partial charge in [-0.2, -0.15) is 0 Å². The van der Waals surface area contributed by atoms with E-state index in [4.69, 9.17) is 0 Å². The van der Waals surface area contributed by atoms with Crippen molar-refractivity contribution in [1.82, 2.24) is 10.3 Å². The average Bonchev–Trinajstić information content (AvgIpc) is 2.74. The summed E-state index contributed by atoms with van der Waals surface area (Å²) in [5.41, 5.74) is 0. The highest BCUT2D eigenvalue weighted by molar-refractivity contribution is 7.14. The molecule has 4 nitrogen and oxygen atoms in total. The molecule has 1 saturated heterocycles. The molecule has 1 aromatic heterocycles. The highest BCUT2D eigenvalue weighted by Crippen LogP contribution is 2.21. The Labute approximate surface area is 87.1 Å². The molecular weight excluding hydrogens is 198 g/mol. The summed E-state index contributed by atoms with van der Waals surface area (Å²) in [6.45, 7) is 3.55. The molecule has 0 bridgehead atoms. The van der Waals surface area contributed by atoms with Gasteiger partial charge in [0.1, 0.15) is 5.00 Å². The number of nitrogens with zero attached hydrogens (tertiary/aromatic N) is 2. The maximum absolute atomic E-state index is 10.8. The number of rotatable bonds is 3. The summed E-state index contributed by atoms with van der Waals surface area (Å²) in [6, 6.07) is 3.87. The van der Waals surface area contributed by atoms with E-state index in [1.807, 2.05) is 28.9 Å². The molecule has 0 saturated carbocycles. The van der Waals surface area contributed by atoms with E-state index in [0.29, 0.717) is 0 Å². The Balaban J connectivity index is 2.08. The molecule has 0 spiro atoms. The summed E-state index contributed by atoms with van der Waals surface area (Å²) in [7, 11) is 0. The number of thiophene rings is 1. The fourth-order valence-corrected chi connectivity index (χ4v) is 2.19. The molecule has 0 unspecified atom stereocenters. The Morgan fingerprint density at radius 3 is 2.86 bits per heavy atom. The van der Waals surface area contributed by atoms with Crippen LogP contribution < -0.4 is 10.3 Å². The zero-order chi connectivity index (χ0) is 9.80. The van der Waals surface area contributed by atoms with Crippen molar-refractivity contribution < 1.29 is 4.79 Å². The monoisotopic (exact) mass is 210 g/mol. The van der Waals surface area contributed by atoms with Gasteiger partial charge in [-0.1, -0.05) is 0 Å². The smallest absolute Gasteiger partial charge is 0.314 e. The number of nitrogens with one attached hydrogen (secondary N) is 1. The van der Waals surface area contributed by atoms with Crippen molar-refractivity contribution in [2.24, 2.45) is 0 Å². The Hall–Kier alpha value is -0.910. The van der Waals surface area contributed by atoms with Crippen LogP contribution in [0.5, 0.6) is 0 Å². The molecule has 1 aliphatic rings. The zero-order valence-electron chi connectivity index (χ0n) is 7.77. The first-order valence-corrected chi connectivity index (χ1v) is 5.47. The molecule has 1 N–H and O–H groups in total. The van der Waals surface area contributed by atoms with Crippen LogP contribution in [0.1, 0.15) is 0 Å². The minimum Gasteiger partial charge on any atom is -0.314 e. The van der Waals surface area contributed by atoms with Crippen LogP contribution in [0.4, 0.5) is 5.00 Å². The summed E-state index contributed by atoms with van der Waals surface area (Å²) in [4.78, 5) is 10.8. The average molecular weight is 210 g/mol. The first kappa shape index (κ1) is 9.64. The molecule has 2 rings (SSSR count). The van der Waals surface area contributed by atoms with Crippen molar-refractivity contribution in [2.75, 3.05) is 31.2 Å². The van der Waals surface area contributed by atoms with Crippen molar-refractivity contribution in [2.45, 2.75) is 0 Å². The molecule has 0 atom stereocenters. The standard InChI is InChI=1S/C9H12N3OS/c13-8-12(9-2-1-7-14-9)11-5-3-10-4-6-11/h1-2,7,10H,3-6H2. The summed E-state index contributed by atoms with van der Waals surface area (Å²) in [6.07, 6.45) is 1.97. The number of hydrogen-bond donors (Lipinski definition) is 1. The number of anilines is 1. The SMILES string of the molecule is O=[C]N(c1cccs1)N1CCNCC1. The normalized spacial score (nSPS) is 18.0. The highest BCUT2D eigenvalue weighted by atomic mass is 32.1. The van der Waals surface area contributed by atoms with Gasteiger partial charge < -0.3 is 5.32 Å². The third kappa shape index (κ3) is 1.95. The Kier molecular flexibility index (Phi) is 3.13. The van der Waals surface area contributed by atoms with Gasteiger partial charge in [-0.25, -0.2) is 10.0 Å². The van der Waals surface area contributed by atoms with Crippen LogP contribution in [0.25, 0.3) is 0 Å². The molecule has 1 amide bonds. The second-order valence-electron chi connectivity index (χ2n) is 3.06. The molecule has 5 heteroatoms. The van der Waals surface area contributed by atoms with Crippen molar-refractivity contribution in [1.29, 1.82) is 0 Å². The second kappa shape index (κ2) is 4.54. The molecule has 14 heavy (non-hydrogen) atoms. The lowest BCUT2D eigenvalue weighted by molar-refractivity contribution is 0.247. The predicted octanol–water partition coefficient (Wildman–Crippen LogP) is 0.442. The van der Waals surface area contributed by atoms with Crippen molar-refractivity contribution in [3.63, 3.8) is 0 Å². The number of carbonyl (C=O) groups excluding carboxylic acids is 1. The first-order valence-electron chi connectivity index (χ1n) is 4.59. The summed E-state index contributed by atoms with van der Waals surface area (Å²) in [5, 5.41) is 9.72. The molecule has 1 aromatic rings. The van der Waals surface area contributed by atoms with E-state index >= 15 is 0 Å². The van der Waals surface area contributed by atoms with Crippen LogP contribution in [0, 0.1) is 0 Å². The van der Waals surface area contributed by atoms with Gasteiger partial charge in [0.2, 0.25) is 0 Å². The van der Waals surface area contributed by atoms with Crippen molar-refractivity contribution in [3.05, 3.63) is 17.5 Å². The lowest BCUT2D eigenvalue weighted by Crippen LogP contribution is -2.52. The molecule has 0 aliphatic carbocycles. The van der Waals surface area contributed by atoms with Gasteiger partial charge in [-0.3, -0.25) is 4.79 Å². The zero-order valence-corrected chi connectivity index (χ0v) is 8.59. The second-order valence-corrected chi connectivity index (χ2v) is 3.98. The van der Waals surface area contributed by atoms with Gasteiger partial charge in [-0.15, -0.1) is 11.3 Å². The van der Waals surface area contributed by atoms with Crippen LogP contribution in [-0.4, -0.2) is 37.6 Å². The Morgan fingerprint density at radius 2 is 2.29 bits per heavy atom. The van der Waals surface area contributed by atoms with E-state index in [1.54, 1.807) is 16.3 Å². The van der Waals surface area contributed by atoms with Crippen LogP contribution in [0.15, 0.2) is 17.5 Å². The number of amides is 1. The third-order valence-corrected chi connectivity index (χ3v) is 3.02. The molecule has 1 radical (unpaired) electrons. The molecule has 1 fully saturated rings. The summed E-state index contributed by atoms with van der Waals surface area (Å²) in [5.74, 6) is 0. The topological polar surface area (TPSA) is 35.6 Å². The van der Waals surface area contributed by atoms with E-state index in [0.717, 1.165) is 31.2 Å².